The number of piperidine rings is 2. The largest absolute Gasteiger partial charge is 0.450 e. The lowest BCUT2D eigenvalue weighted by Gasteiger charge is -2.33. The first-order valence-corrected chi connectivity index (χ1v) is 9.73. The Morgan fingerprint density at radius 3 is 2.58 bits per heavy atom. The van der Waals surface area contributed by atoms with Crippen molar-refractivity contribution in [2.24, 2.45) is 10.9 Å². The van der Waals surface area contributed by atoms with E-state index in [0.29, 0.717) is 12.6 Å². The van der Waals surface area contributed by atoms with Gasteiger partial charge in [-0.3, -0.25) is 4.99 Å². The van der Waals surface area contributed by atoms with Crippen LogP contribution in [0.15, 0.2) is 4.99 Å². The predicted octanol–water partition coefficient (Wildman–Crippen LogP) is 2.12. The number of hydrogen-bond acceptors (Lipinski definition) is 4. The minimum atomic E-state index is -0.195. The molecular formula is C18H36IN5O2. The van der Waals surface area contributed by atoms with Crippen molar-refractivity contribution in [1.82, 2.24) is 20.4 Å². The maximum Gasteiger partial charge on any atom is 0.409 e. The Labute approximate surface area is 175 Å². The third kappa shape index (κ3) is 7.85. The van der Waals surface area contributed by atoms with Gasteiger partial charge in [-0.15, -0.1) is 24.0 Å². The number of carbonyl (C=O) groups excluding carboxylic acids is 1. The molecule has 2 saturated heterocycles. The SMILES string of the molecule is CCOC(=O)N1CCC(NC(=NC)NCCN2CCCC(C)C2)CC1.I. The van der Waals surface area contributed by atoms with Crippen LogP contribution in [0.1, 0.15) is 39.5 Å². The Bertz CT molecular complexity index is 441. The molecule has 2 rings (SSSR count). The highest BCUT2D eigenvalue weighted by Crippen LogP contribution is 2.14. The van der Waals surface area contributed by atoms with Gasteiger partial charge in [0, 0.05) is 45.8 Å². The van der Waals surface area contributed by atoms with Crippen LogP contribution < -0.4 is 10.6 Å². The first-order chi connectivity index (χ1) is 12.1. The second-order valence-electron chi connectivity index (χ2n) is 7.15. The van der Waals surface area contributed by atoms with E-state index >= 15 is 0 Å². The minimum Gasteiger partial charge on any atom is -0.450 e. The topological polar surface area (TPSA) is 69.2 Å². The number of likely N-dealkylation sites (tertiary alicyclic amines) is 2. The number of nitrogens with zero attached hydrogens (tertiary/aromatic N) is 3. The molecule has 0 aromatic heterocycles. The summed E-state index contributed by atoms with van der Waals surface area (Å²) in [7, 11) is 1.81. The molecular weight excluding hydrogens is 445 g/mol. The zero-order chi connectivity index (χ0) is 18.1. The first kappa shape index (κ1) is 23.3. The molecule has 1 amide bonds. The van der Waals surface area contributed by atoms with Gasteiger partial charge >= 0.3 is 6.09 Å². The average molecular weight is 481 g/mol. The van der Waals surface area contributed by atoms with Crippen LogP contribution in [0.4, 0.5) is 4.79 Å². The van der Waals surface area contributed by atoms with Crippen LogP contribution >= 0.6 is 24.0 Å². The summed E-state index contributed by atoms with van der Waals surface area (Å²) in [6.07, 6.45) is 4.32. The fourth-order valence-corrected chi connectivity index (χ4v) is 3.63. The van der Waals surface area contributed by atoms with Crippen molar-refractivity contribution in [1.29, 1.82) is 0 Å². The molecule has 0 aliphatic carbocycles. The third-order valence-electron chi connectivity index (χ3n) is 5.05. The fourth-order valence-electron chi connectivity index (χ4n) is 3.63. The Morgan fingerprint density at radius 2 is 1.96 bits per heavy atom. The highest BCUT2D eigenvalue weighted by atomic mass is 127. The first-order valence-electron chi connectivity index (χ1n) is 9.73. The van der Waals surface area contributed by atoms with E-state index < -0.39 is 0 Å². The molecule has 2 aliphatic heterocycles. The summed E-state index contributed by atoms with van der Waals surface area (Å²) < 4.78 is 5.06. The second kappa shape index (κ2) is 12.6. The van der Waals surface area contributed by atoms with Gasteiger partial charge < -0.3 is 25.2 Å². The van der Waals surface area contributed by atoms with Gasteiger partial charge in [-0.2, -0.15) is 0 Å². The van der Waals surface area contributed by atoms with Crippen molar-refractivity contribution in [3.05, 3.63) is 0 Å². The molecule has 8 heteroatoms. The van der Waals surface area contributed by atoms with Crippen molar-refractivity contribution < 1.29 is 9.53 Å². The summed E-state index contributed by atoms with van der Waals surface area (Å²) in [5, 5.41) is 6.91. The minimum absolute atomic E-state index is 0. The summed E-state index contributed by atoms with van der Waals surface area (Å²) in [5.41, 5.74) is 0. The van der Waals surface area contributed by atoms with Gasteiger partial charge in [0.25, 0.3) is 0 Å². The number of guanidine groups is 1. The normalized spacial score (nSPS) is 22.5. The third-order valence-corrected chi connectivity index (χ3v) is 5.05. The molecule has 0 aromatic carbocycles. The van der Waals surface area contributed by atoms with E-state index in [-0.39, 0.29) is 30.1 Å². The average Bonchev–Trinajstić information content (AvgIpc) is 2.61. The molecule has 152 valence electrons. The summed E-state index contributed by atoms with van der Waals surface area (Å²) in [5.74, 6) is 1.68. The molecule has 2 aliphatic rings. The molecule has 0 radical (unpaired) electrons. The van der Waals surface area contributed by atoms with Crippen LogP contribution in [0.3, 0.4) is 0 Å². The quantitative estimate of drug-likeness (QED) is 0.358. The maximum atomic E-state index is 11.7. The Hall–Kier alpha value is -0.770. The fraction of sp³-hybridized carbons (Fsp3) is 0.889. The number of ether oxygens (including phenoxy) is 1. The van der Waals surface area contributed by atoms with Crippen molar-refractivity contribution in [2.75, 3.05) is 52.9 Å². The maximum absolute atomic E-state index is 11.7. The number of nitrogens with one attached hydrogen (secondary N) is 2. The number of rotatable bonds is 5. The Kier molecular flexibility index (Phi) is 11.3. The van der Waals surface area contributed by atoms with Crippen molar-refractivity contribution in [3.63, 3.8) is 0 Å². The van der Waals surface area contributed by atoms with E-state index in [1.54, 1.807) is 4.90 Å². The highest BCUT2D eigenvalue weighted by Gasteiger charge is 2.24. The predicted molar refractivity (Wildman–Crippen MR) is 116 cm³/mol. The smallest absolute Gasteiger partial charge is 0.409 e. The van der Waals surface area contributed by atoms with Crippen LogP contribution in [0.2, 0.25) is 0 Å². The lowest BCUT2D eigenvalue weighted by Crippen LogP contribution is -2.51. The number of carbonyl (C=O) groups is 1. The van der Waals surface area contributed by atoms with Gasteiger partial charge in [-0.1, -0.05) is 6.92 Å². The van der Waals surface area contributed by atoms with Crippen molar-refractivity contribution in [2.45, 2.75) is 45.6 Å². The summed E-state index contributed by atoms with van der Waals surface area (Å²) in [4.78, 5) is 20.4. The van der Waals surface area contributed by atoms with Crippen molar-refractivity contribution in [3.8, 4) is 0 Å². The van der Waals surface area contributed by atoms with Crippen LogP contribution in [0.5, 0.6) is 0 Å². The summed E-state index contributed by atoms with van der Waals surface area (Å²) in [6, 6.07) is 0.354. The van der Waals surface area contributed by atoms with Crippen molar-refractivity contribution >= 4 is 36.0 Å². The molecule has 2 N–H and O–H groups in total. The van der Waals surface area contributed by atoms with Gasteiger partial charge in [0.1, 0.15) is 0 Å². The monoisotopic (exact) mass is 481 g/mol. The van der Waals surface area contributed by atoms with Gasteiger partial charge in [-0.05, 0) is 45.1 Å². The molecule has 0 aromatic rings. The van der Waals surface area contributed by atoms with Gasteiger partial charge in [0.05, 0.1) is 6.61 Å². The Morgan fingerprint density at radius 1 is 1.23 bits per heavy atom. The number of halogens is 1. The lowest BCUT2D eigenvalue weighted by molar-refractivity contribution is 0.0963. The van der Waals surface area contributed by atoms with E-state index in [2.05, 4.69) is 27.4 Å². The zero-order valence-electron chi connectivity index (χ0n) is 16.5. The van der Waals surface area contributed by atoms with E-state index in [0.717, 1.165) is 50.9 Å². The zero-order valence-corrected chi connectivity index (χ0v) is 18.8. The van der Waals surface area contributed by atoms with Crippen LogP contribution in [0.25, 0.3) is 0 Å². The van der Waals surface area contributed by atoms with Gasteiger partial charge in [0.2, 0.25) is 0 Å². The lowest BCUT2D eigenvalue weighted by atomic mass is 10.0. The van der Waals surface area contributed by atoms with E-state index in [9.17, 15) is 4.79 Å². The molecule has 2 fully saturated rings. The molecule has 0 bridgehead atoms. The van der Waals surface area contributed by atoms with E-state index in [4.69, 9.17) is 4.74 Å². The van der Waals surface area contributed by atoms with Crippen LogP contribution in [-0.2, 0) is 4.74 Å². The molecule has 1 unspecified atom stereocenters. The second-order valence-corrected chi connectivity index (χ2v) is 7.15. The summed E-state index contributed by atoms with van der Waals surface area (Å²) in [6.45, 7) is 10.5. The molecule has 1 atom stereocenters. The summed E-state index contributed by atoms with van der Waals surface area (Å²) >= 11 is 0. The Balaban J connectivity index is 0.00000338. The number of aliphatic imine (C=N–C) groups is 1. The van der Waals surface area contributed by atoms with Gasteiger partial charge in [-0.25, -0.2) is 4.79 Å². The molecule has 26 heavy (non-hydrogen) atoms. The van der Waals surface area contributed by atoms with E-state index in [1.807, 2.05) is 14.0 Å². The van der Waals surface area contributed by atoms with E-state index in [1.165, 1.54) is 25.9 Å². The van der Waals surface area contributed by atoms with Gasteiger partial charge in [0.15, 0.2) is 5.96 Å². The van der Waals surface area contributed by atoms with Crippen LogP contribution in [-0.4, -0.2) is 80.8 Å². The number of hydrogen-bond donors (Lipinski definition) is 2. The molecule has 0 spiro atoms. The molecule has 0 saturated carbocycles. The standard InChI is InChI=1S/C18H35N5O2.HI/c1-4-25-18(24)23-11-7-16(8-12-23)21-17(19-3)20-9-13-22-10-5-6-15(2)14-22;/h15-16H,4-14H2,1-3H3,(H2,19,20,21);1H. The number of amides is 1. The molecule has 7 nitrogen and oxygen atoms in total. The molecule has 2 heterocycles. The highest BCUT2D eigenvalue weighted by molar-refractivity contribution is 14.0. The van der Waals surface area contributed by atoms with Crippen LogP contribution in [0, 0.1) is 5.92 Å².